The number of rotatable bonds is 2. The fourth-order valence-electron chi connectivity index (χ4n) is 4.47. The summed E-state index contributed by atoms with van der Waals surface area (Å²) >= 11 is 0. The number of piperidine rings is 1. The topological polar surface area (TPSA) is 21.7 Å². The second-order valence-electron chi connectivity index (χ2n) is 7.85. The van der Waals surface area contributed by atoms with Crippen molar-refractivity contribution < 1.29 is 13.9 Å². The van der Waals surface area contributed by atoms with Gasteiger partial charge in [-0.15, -0.1) is 0 Å². The van der Waals surface area contributed by atoms with Crippen molar-refractivity contribution in [2.45, 2.75) is 38.0 Å². The molecule has 2 aromatic rings. The Labute approximate surface area is 153 Å². The average molecular weight is 353 g/mol. The summed E-state index contributed by atoms with van der Waals surface area (Å²) in [7, 11) is 0. The lowest BCUT2D eigenvalue weighted by Crippen LogP contribution is -2.54. The van der Waals surface area contributed by atoms with Crippen LogP contribution < -0.4 is 0 Å². The first-order valence-electron chi connectivity index (χ1n) is 9.50. The van der Waals surface area contributed by atoms with Crippen molar-refractivity contribution in [1.29, 1.82) is 0 Å². The van der Waals surface area contributed by atoms with E-state index in [9.17, 15) is 4.39 Å². The summed E-state index contributed by atoms with van der Waals surface area (Å²) in [6.07, 6.45) is 2.03. The minimum atomic E-state index is -0.171. The van der Waals surface area contributed by atoms with Crippen LogP contribution in [0, 0.1) is 12.7 Å². The van der Waals surface area contributed by atoms with Gasteiger partial charge in [-0.3, -0.25) is 4.90 Å². The lowest BCUT2D eigenvalue weighted by molar-refractivity contribution is -0.119. The predicted octanol–water partition coefficient (Wildman–Crippen LogP) is 4.02. The summed E-state index contributed by atoms with van der Waals surface area (Å²) in [6, 6.07) is 12.6. The number of benzene rings is 2. The van der Waals surface area contributed by atoms with E-state index in [1.165, 1.54) is 11.1 Å². The number of hydrogen-bond acceptors (Lipinski definition) is 3. The molecule has 0 aliphatic carbocycles. The molecule has 0 N–H and O–H groups in total. The summed E-state index contributed by atoms with van der Waals surface area (Å²) in [4.78, 5) is 2.54. The summed E-state index contributed by atoms with van der Waals surface area (Å²) < 4.78 is 25.7. The predicted molar refractivity (Wildman–Crippen MR) is 98.5 cm³/mol. The van der Waals surface area contributed by atoms with Gasteiger partial charge in [0, 0.05) is 13.1 Å². The normalized spacial score (nSPS) is 22.4. The Hall–Kier alpha value is -1.75. The fraction of sp³-hybridized carbons (Fsp3) is 0.455. The number of fused-ring (bicyclic) bond motifs is 2. The van der Waals surface area contributed by atoms with E-state index in [1.807, 2.05) is 12.1 Å². The number of ether oxygens (including phenoxy) is 2. The monoisotopic (exact) mass is 353 g/mol. The molecule has 5 rings (SSSR count). The SMILES string of the molecule is Cc1ccc(-c2ccc3c(c2)C2(CCN(C4COC4)CC2)OC3)cc1F. The van der Waals surface area contributed by atoms with E-state index in [2.05, 4.69) is 23.1 Å². The molecule has 26 heavy (non-hydrogen) atoms. The van der Waals surface area contributed by atoms with E-state index in [4.69, 9.17) is 9.47 Å². The van der Waals surface area contributed by atoms with Crippen LogP contribution in [0.5, 0.6) is 0 Å². The van der Waals surface area contributed by atoms with Crippen molar-refractivity contribution in [3.8, 4) is 11.1 Å². The van der Waals surface area contributed by atoms with Gasteiger partial charge in [-0.2, -0.15) is 0 Å². The Balaban J connectivity index is 1.44. The second kappa shape index (κ2) is 6.15. The van der Waals surface area contributed by atoms with E-state index >= 15 is 0 Å². The summed E-state index contributed by atoms with van der Waals surface area (Å²) in [5.74, 6) is -0.148. The number of likely N-dealkylation sites (tertiary alicyclic amines) is 1. The molecule has 3 nitrogen and oxygen atoms in total. The molecule has 1 spiro atoms. The van der Waals surface area contributed by atoms with Crippen LogP contribution in [0.2, 0.25) is 0 Å². The van der Waals surface area contributed by atoms with Crippen molar-refractivity contribution in [2.24, 2.45) is 0 Å². The fourth-order valence-corrected chi connectivity index (χ4v) is 4.47. The highest BCUT2D eigenvalue weighted by Gasteiger charge is 2.44. The third-order valence-corrected chi connectivity index (χ3v) is 6.35. The van der Waals surface area contributed by atoms with Crippen LogP contribution in [-0.2, 0) is 21.7 Å². The number of halogens is 1. The second-order valence-corrected chi connectivity index (χ2v) is 7.85. The smallest absolute Gasteiger partial charge is 0.126 e. The van der Waals surface area contributed by atoms with E-state index in [0.29, 0.717) is 18.2 Å². The highest BCUT2D eigenvalue weighted by atomic mass is 19.1. The van der Waals surface area contributed by atoms with Gasteiger partial charge < -0.3 is 9.47 Å². The zero-order chi connectivity index (χ0) is 17.7. The molecule has 0 radical (unpaired) electrons. The van der Waals surface area contributed by atoms with Gasteiger partial charge in [0.15, 0.2) is 0 Å². The minimum Gasteiger partial charge on any atom is -0.378 e. The Kier molecular flexibility index (Phi) is 3.89. The molecule has 0 amide bonds. The zero-order valence-electron chi connectivity index (χ0n) is 15.1. The van der Waals surface area contributed by atoms with Crippen LogP contribution in [-0.4, -0.2) is 37.2 Å². The van der Waals surface area contributed by atoms with Gasteiger partial charge >= 0.3 is 0 Å². The highest BCUT2D eigenvalue weighted by molar-refractivity contribution is 5.66. The summed E-state index contributed by atoms with van der Waals surface area (Å²) in [5, 5.41) is 0. The molecule has 2 saturated heterocycles. The Morgan fingerprint density at radius 2 is 1.77 bits per heavy atom. The van der Waals surface area contributed by atoms with E-state index in [1.54, 1.807) is 13.0 Å². The van der Waals surface area contributed by atoms with Crippen LogP contribution in [0.3, 0.4) is 0 Å². The molecule has 2 aromatic carbocycles. The Morgan fingerprint density at radius 3 is 2.46 bits per heavy atom. The maximum atomic E-state index is 14.0. The Morgan fingerprint density at radius 1 is 1.04 bits per heavy atom. The largest absolute Gasteiger partial charge is 0.378 e. The van der Waals surface area contributed by atoms with E-state index < -0.39 is 0 Å². The van der Waals surface area contributed by atoms with Crippen molar-refractivity contribution in [1.82, 2.24) is 4.90 Å². The molecular formula is C22H24FNO2. The molecule has 3 heterocycles. The molecule has 2 fully saturated rings. The van der Waals surface area contributed by atoms with Gasteiger partial charge in [-0.1, -0.05) is 24.3 Å². The first-order chi connectivity index (χ1) is 12.6. The summed E-state index contributed by atoms with van der Waals surface area (Å²) in [5.41, 5.74) is 5.10. The zero-order valence-corrected chi connectivity index (χ0v) is 15.1. The molecule has 0 aromatic heterocycles. The molecular weight excluding hydrogens is 329 g/mol. The number of nitrogens with zero attached hydrogens (tertiary/aromatic N) is 1. The van der Waals surface area contributed by atoms with Gasteiger partial charge in [0.05, 0.1) is 31.5 Å². The highest BCUT2D eigenvalue weighted by Crippen LogP contribution is 2.45. The van der Waals surface area contributed by atoms with Crippen LogP contribution in [0.25, 0.3) is 11.1 Å². The van der Waals surface area contributed by atoms with Crippen LogP contribution in [0.15, 0.2) is 36.4 Å². The van der Waals surface area contributed by atoms with E-state index in [0.717, 1.165) is 50.3 Å². The number of hydrogen-bond donors (Lipinski definition) is 0. The summed E-state index contributed by atoms with van der Waals surface area (Å²) in [6.45, 7) is 6.32. The van der Waals surface area contributed by atoms with Gasteiger partial charge in [-0.05, 0) is 59.7 Å². The standard InChI is InChI=1S/C22H24FNO2/c1-15-2-3-17(11-21(15)23)16-4-5-18-12-26-22(20(18)10-16)6-8-24(9-7-22)19-13-25-14-19/h2-5,10-11,19H,6-9,12-14H2,1H3. The number of aryl methyl sites for hydroxylation is 1. The van der Waals surface area contributed by atoms with E-state index in [-0.39, 0.29) is 11.4 Å². The van der Waals surface area contributed by atoms with Crippen LogP contribution in [0.4, 0.5) is 4.39 Å². The molecule has 3 aliphatic rings. The van der Waals surface area contributed by atoms with Crippen molar-refractivity contribution in [3.63, 3.8) is 0 Å². The third-order valence-electron chi connectivity index (χ3n) is 6.35. The van der Waals surface area contributed by atoms with Gasteiger partial charge in [0.25, 0.3) is 0 Å². The maximum Gasteiger partial charge on any atom is 0.126 e. The van der Waals surface area contributed by atoms with Crippen molar-refractivity contribution in [3.05, 3.63) is 58.9 Å². The molecule has 0 unspecified atom stereocenters. The molecule has 0 saturated carbocycles. The Bertz CT molecular complexity index is 838. The average Bonchev–Trinajstić information content (AvgIpc) is 2.96. The molecule has 4 heteroatoms. The van der Waals surface area contributed by atoms with Crippen molar-refractivity contribution >= 4 is 0 Å². The van der Waals surface area contributed by atoms with Gasteiger partial charge in [-0.25, -0.2) is 4.39 Å². The molecule has 0 atom stereocenters. The van der Waals surface area contributed by atoms with Crippen LogP contribution >= 0.6 is 0 Å². The molecule has 0 bridgehead atoms. The lowest BCUT2D eigenvalue weighted by Gasteiger charge is -2.45. The third kappa shape index (κ3) is 2.59. The van der Waals surface area contributed by atoms with Gasteiger partial charge in [0.2, 0.25) is 0 Å². The maximum absolute atomic E-state index is 14.0. The van der Waals surface area contributed by atoms with Crippen LogP contribution in [0.1, 0.15) is 29.5 Å². The molecule has 3 aliphatic heterocycles. The first kappa shape index (κ1) is 16.4. The lowest BCUT2D eigenvalue weighted by atomic mass is 9.82. The quantitative estimate of drug-likeness (QED) is 0.814. The minimum absolute atomic E-state index is 0.148. The first-order valence-corrected chi connectivity index (χ1v) is 9.50. The van der Waals surface area contributed by atoms with Crippen molar-refractivity contribution in [2.75, 3.05) is 26.3 Å². The van der Waals surface area contributed by atoms with Gasteiger partial charge in [0.1, 0.15) is 5.82 Å². The molecule has 136 valence electrons.